The predicted molar refractivity (Wildman–Crippen MR) is 147 cm³/mol. The number of thioether (sulfide) groups is 2. The highest BCUT2D eigenvalue weighted by Gasteiger charge is 2.72. The maximum Gasteiger partial charge on any atom is 0.411 e. The van der Waals surface area contributed by atoms with Crippen LogP contribution in [0.4, 0.5) is 37.7 Å². The summed E-state index contributed by atoms with van der Waals surface area (Å²) < 4.78 is 87.8. The second-order valence-electron chi connectivity index (χ2n) is 8.80. The van der Waals surface area contributed by atoms with E-state index in [1.165, 1.54) is 35.7 Å². The molecule has 0 aliphatic carbocycles. The van der Waals surface area contributed by atoms with Crippen molar-refractivity contribution in [1.29, 1.82) is 0 Å². The van der Waals surface area contributed by atoms with E-state index in [1.807, 2.05) is 60.7 Å². The average molecular weight is 579 g/mol. The molecule has 4 aromatic carbocycles. The molecule has 0 saturated carbocycles. The zero-order chi connectivity index (χ0) is 28.3. The molecule has 4 aromatic rings. The molecule has 0 unspecified atom stereocenters. The maximum absolute atomic E-state index is 14.6. The molecule has 0 aliphatic heterocycles. The summed E-state index contributed by atoms with van der Waals surface area (Å²) in [6.07, 6.45) is -11.5. The summed E-state index contributed by atoms with van der Waals surface area (Å²) in [6.45, 7) is 0. The molecule has 4 rings (SSSR count). The van der Waals surface area contributed by atoms with Crippen molar-refractivity contribution in [3.05, 3.63) is 119 Å². The largest absolute Gasteiger partial charge is 0.411 e. The Bertz CT molecular complexity index is 1300. The minimum Gasteiger partial charge on any atom is -0.398 e. The summed E-state index contributed by atoms with van der Waals surface area (Å²) in [5, 5.41) is 0. The quantitative estimate of drug-likeness (QED) is 0.125. The molecular weight excluding hydrogens is 554 g/mol. The number of hydrogen-bond acceptors (Lipinski definition) is 4. The van der Waals surface area contributed by atoms with Crippen LogP contribution < -0.4 is 11.5 Å². The highest BCUT2D eigenvalue weighted by atomic mass is 32.2. The Hall–Kier alpha value is -3.24. The molecule has 0 saturated heterocycles. The van der Waals surface area contributed by atoms with Gasteiger partial charge in [0.2, 0.25) is 5.41 Å². The molecule has 4 N–H and O–H groups in total. The number of anilines is 2. The first-order valence-corrected chi connectivity index (χ1v) is 13.7. The van der Waals surface area contributed by atoms with Crippen LogP contribution in [0, 0.1) is 0 Å². The average Bonchev–Trinajstić information content (AvgIpc) is 2.87. The van der Waals surface area contributed by atoms with E-state index in [1.54, 1.807) is 0 Å². The normalized spacial score (nSPS) is 12.5. The van der Waals surface area contributed by atoms with Crippen molar-refractivity contribution in [3.63, 3.8) is 0 Å². The second kappa shape index (κ2) is 11.5. The van der Waals surface area contributed by atoms with Crippen molar-refractivity contribution in [2.75, 3.05) is 11.5 Å². The van der Waals surface area contributed by atoms with Crippen LogP contribution in [0.25, 0.3) is 0 Å². The first-order valence-electron chi connectivity index (χ1n) is 11.7. The Morgan fingerprint density at radius 3 is 1.18 bits per heavy atom. The van der Waals surface area contributed by atoms with Gasteiger partial charge in [0.25, 0.3) is 0 Å². The van der Waals surface area contributed by atoms with E-state index in [0.717, 1.165) is 35.4 Å². The van der Waals surface area contributed by atoms with Crippen LogP contribution in [-0.4, -0.2) is 12.4 Å². The van der Waals surface area contributed by atoms with Crippen molar-refractivity contribution in [1.82, 2.24) is 0 Å². The summed E-state index contributed by atoms with van der Waals surface area (Å²) in [7, 11) is 0. The molecule has 0 radical (unpaired) electrons. The van der Waals surface area contributed by atoms with E-state index in [-0.39, 0.29) is 11.4 Å². The summed E-state index contributed by atoms with van der Waals surface area (Å²) in [4.78, 5) is 0.765. The van der Waals surface area contributed by atoms with Crippen LogP contribution >= 0.6 is 23.5 Å². The molecule has 0 bridgehead atoms. The van der Waals surface area contributed by atoms with Gasteiger partial charge in [-0.25, -0.2) is 0 Å². The highest BCUT2D eigenvalue weighted by molar-refractivity contribution is 7.99. The predicted octanol–water partition coefficient (Wildman–Crippen LogP) is 8.85. The van der Waals surface area contributed by atoms with Gasteiger partial charge in [0, 0.05) is 32.7 Å². The smallest absolute Gasteiger partial charge is 0.398 e. The minimum atomic E-state index is -5.73. The summed E-state index contributed by atoms with van der Waals surface area (Å²) in [5.41, 5.74) is 7.19. The Kier molecular flexibility index (Phi) is 8.46. The lowest BCUT2D eigenvalue weighted by molar-refractivity contribution is -0.288. The van der Waals surface area contributed by atoms with Crippen molar-refractivity contribution >= 4 is 34.9 Å². The molecule has 2 nitrogen and oxygen atoms in total. The van der Waals surface area contributed by atoms with Crippen LogP contribution in [0.2, 0.25) is 0 Å². The third kappa shape index (κ3) is 6.01. The zero-order valence-corrected chi connectivity index (χ0v) is 22.0. The fourth-order valence-electron chi connectivity index (χ4n) is 4.28. The molecule has 0 fully saturated rings. The lowest BCUT2D eigenvalue weighted by Gasteiger charge is -2.38. The third-order valence-electron chi connectivity index (χ3n) is 6.21. The molecular formula is C29H24F6N2S2. The first-order chi connectivity index (χ1) is 18.4. The van der Waals surface area contributed by atoms with Crippen molar-refractivity contribution in [3.8, 4) is 0 Å². The molecule has 204 valence electrons. The Morgan fingerprint density at radius 1 is 0.513 bits per heavy atom. The maximum atomic E-state index is 14.6. The van der Waals surface area contributed by atoms with Crippen LogP contribution in [0.1, 0.15) is 22.3 Å². The van der Waals surface area contributed by atoms with Gasteiger partial charge in [-0.05, 0) is 46.5 Å². The monoisotopic (exact) mass is 578 g/mol. The lowest BCUT2D eigenvalue weighted by atomic mass is 9.72. The van der Waals surface area contributed by atoms with Gasteiger partial charge in [0.15, 0.2) is 0 Å². The van der Waals surface area contributed by atoms with Gasteiger partial charge in [-0.1, -0.05) is 72.8 Å². The number of nitrogens with two attached hydrogens (primary N) is 2. The van der Waals surface area contributed by atoms with E-state index < -0.39 is 28.9 Å². The third-order valence-corrected chi connectivity index (χ3v) is 8.53. The number of nitrogen functional groups attached to an aromatic ring is 2. The fraction of sp³-hybridized carbons (Fsp3) is 0.172. The molecule has 0 aliphatic rings. The van der Waals surface area contributed by atoms with Crippen LogP contribution in [0.15, 0.2) is 107 Å². The van der Waals surface area contributed by atoms with Gasteiger partial charge < -0.3 is 11.5 Å². The number of halogens is 6. The van der Waals surface area contributed by atoms with Crippen LogP contribution in [0.3, 0.4) is 0 Å². The van der Waals surface area contributed by atoms with Gasteiger partial charge in [-0.2, -0.15) is 26.3 Å². The molecule has 39 heavy (non-hydrogen) atoms. The SMILES string of the molecule is Nc1cc(C(c2ccc(SCc3ccccc3)c(N)c2)(C(F)(F)F)C(F)(F)F)ccc1SCc1ccccc1. The van der Waals surface area contributed by atoms with Crippen LogP contribution in [0.5, 0.6) is 0 Å². The van der Waals surface area contributed by atoms with E-state index in [4.69, 9.17) is 11.5 Å². The fourth-order valence-corrected chi connectivity index (χ4v) is 6.09. The summed E-state index contributed by atoms with van der Waals surface area (Å²) in [5.74, 6) is 0.902. The number of rotatable bonds is 8. The van der Waals surface area contributed by atoms with Crippen molar-refractivity contribution in [2.45, 2.75) is 39.1 Å². The van der Waals surface area contributed by atoms with E-state index in [2.05, 4.69) is 0 Å². The topological polar surface area (TPSA) is 52.0 Å². The van der Waals surface area contributed by atoms with Gasteiger partial charge in [0.05, 0.1) is 0 Å². The Labute approximate surface area is 230 Å². The first kappa shape index (κ1) is 28.8. The lowest BCUT2D eigenvalue weighted by Crippen LogP contribution is -2.54. The van der Waals surface area contributed by atoms with Gasteiger partial charge in [0.1, 0.15) is 0 Å². The van der Waals surface area contributed by atoms with E-state index in [9.17, 15) is 26.3 Å². The van der Waals surface area contributed by atoms with Crippen molar-refractivity contribution < 1.29 is 26.3 Å². The molecule has 0 spiro atoms. The Morgan fingerprint density at radius 2 is 0.872 bits per heavy atom. The van der Waals surface area contributed by atoms with E-state index in [0.29, 0.717) is 21.3 Å². The number of benzene rings is 4. The minimum absolute atomic E-state index is 0.172. The van der Waals surface area contributed by atoms with Crippen molar-refractivity contribution in [2.24, 2.45) is 0 Å². The standard InChI is InChI=1S/C29H24F6N2S2/c30-28(31,32)27(29(33,34)35,21-11-13-25(23(36)15-21)38-17-19-7-3-1-4-8-19)22-12-14-26(24(37)16-22)39-18-20-9-5-2-6-10-20/h1-16H,17-18,36-37H2. The molecule has 10 heteroatoms. The zero-order valence-electron chi connectivity index (χ0n) is 20.4. The summed E-state index contributed by atoms with van der Waals surface area (Å²) >= 11 is 2.46. The van der Waals surface area contributed by atoms with E-state index >= 15 is 0 Å². The van der Waals surface area contributed by atoms with Gasteiger partial charge in [-0.3, -0.25) is 0 Å². The molecule has 0 atom stereocenters. The number of hydrogen-bond donors (Lipinski definition) is 2. The molecule has 0 amide bonds. The highest BCUT2D eigenvalue weighted by Crippen LogP contribution is 2.57. The van der Waals surface area contributed by atoms with Gasteiger partial charge >= 0.3 is 12.4 Å². The number of alkyl halides is 6. The van der Waals surface area contributed by atoms with Crippen LogP contribution in [-0.2, 0) is 16.9 Å². The van der Waals surface area contributed by atoms with Gasteiger partial charge in [-0.15, -0.1) is 23.5 Å². The molecule has 0 aromatic heterocycles. The summed E-state index contributed by atoms with van der Waals surface area (Å²) in [6, 6.07) is 24.1. The molecule has 0 heterocycles. The second-order valence-corrected chi connectivity index (χ2v) is 10.8. The Balaban J connectivity index is 1.72.